The Hall–Kier alpha value is -1.53. The number of methoxy groups -OCH3 is 2. The summed E-state index contributed by atoms with van der Waals surface area (Å²) in [5.74, 6) is -3.43. The number of benzene rings is 1. The maximum atomic E-state index is 13.5. The van der Waals surface area contributed by atoms with Gasteiger partial charge in [0.05, 0.1) is 19.2 Å². The molecule has 0 aromatic heterocycles. The first kappa shape index (κ1) is 13.5. The van der Waals surface area contributed by atoms with Crippen molar-refractivity contribution in [2.45, 2.75) is 6.10 Å². The molecule has 2 N–H and O–H groups in total. The normalized spacial score (nSPS) is 12.1. The molecule has 1 unspecified atom stereocenters. The molecule has 0 saturated carbocycles. The molecule has 1 rings (SSSR count). The number of carbonyl (C=O) groups is 1. The molecule has 17 heavy (non-hydrogen) atoms. The van der Waals surface area contributed by atoms with E-state index in [0.29, 0.717) is 0 Å². The van der Waals surface area contributed by atoms with Crippen LogP contribution in [0, 0.1) is 5.82 Å². The van der Waals surface area contributed by atoms with Gasteiger partial charge in [0.2, 0.25) is 5.82 Å². The summed E-state index contributed by atoms with van der Waals surface area (Å²) >= 11 is 5.53. The third-order valence-electron chi connectivity index (χ3n) is 2.10. The van der Waals surface area contributed by atoms with Crippen LogP contribution in [0.5, 0.6) is 11.5 Å². The highest BCUT2D eigenvalue weighted by molar-refractivity contribution is 6.32. The molecule has 0 heterocycles. The number of phenolic OH excluding ortho intramolecular Hbond substituents is 1. The lowest BCUT2D eigenvalue weighted by atomic mass is 10.1. The van der Waals surface area contributed by atoms with Crippen molar-refractivity contribution in [1.29, 1.82) is 0 Å². The fraction of sp³-hybridized carbons (Fsp3) is 0.300. The summed E-state index contributed by atoms with van der Waals surface area (Å²) in [5, 5.41) is 18.5. The van der Waals surface area contributed by atoms with Crippen LogP contribution in [-0.2, 0) is 9.53 Å². The van der Waals surface area contributed by atoms with E-state index in [-0.39, 0.29) is 10.6 Å². The molecular formula is C10H10ClFO5. The van der Waals surface area contributed by atoms with Crippen LogP contribution in [0.4, 0.5) is 4.39 Å². The maximum absolute atomic E-state index is 13.5. The van der Waals surface area contributed by atoms with Crippen molar-refractivity contribution < 1.29 is 28.9 Å². The molecule has 0 aliphatic heterocycles. The van der Waals surface area contributed by atoms with Crippen molar-refractivity contribution in [2.24, 2.45) is 0 Å². The zero-order valence-electron chi connectivity index (χ0n) is 9.03. The minimum absolute atomic E-state index is 0.223. The van der Waals surface area contributed by atoms with E-state index in [1.807, 2.05) is 0 Å². The van der Waals surface area contributed by atoms with E-state index in [2.05, 4.69) is 9.47 Å². The summed E-state index contributed by atoms with van der Waals surface area (Å²) in [6, 6.07) is 1.03. The monoisotopic (exact) mass is 264 g/mol. The molecule has 1 aromatic rings. The number of phenols is 1. The fourth-order valence-corrected chi connectivity index (χ4v) is 1.46. The van der Waals surface area contributed by atoms with E-state index in [9.17, 15) is 19.4 Å². The van der Waals surface area contributed by atoms with Crippen LogP contribution in [0.15, 0.2) is 6.07 Å². The number of aliphatic hydroxyl groups excluding tert-OH is 1. The van der Waals surface area contributed by atoms with Crippen molar-refractivity contribution in [3.8, 4) is 11.5 Å². The Morgan fingerprint density at radius 3 is 2.59 bits per heavy atom. The molecule has 0 saturated heterocycles. The van der Waals surface area contributed by atoms with Gasteiger partial charge < -0.3 is 19.7 Å². The molecule has 0 aliphatic rings. The van der Waals surface area contributed by atoms with Gasteiger partial charge in [0.1, 0.15) is 0 Å². The Morgan fingerprint density at radius 2 is 2.12 bits per heavy atom. The third kappa shape index (κ3) is 2.42. The van der Waals surface area contributed by atoms with E-state index in [1.54, 1.807) is 0 Å². The van der Waals surface area contributed by atoms with Crippen LogP contribution in [-0.4, -0.2) is 30.4 Å². The highest BCUT2D eigenvalue weighted by Gasteiger charge is 2.27. The zero-order chi connectivity index (χ0) is 13.2. The van der Waals surface area contributed by atoms with E-state index < -0.39 is 29.4 Å². The van der Waals surface area contributed by atoms with Gasteiger partial charge in [-0.3, -0.25) is 0 Å². The standard InChI is InChI=1S/C10H10ClFO5/c1-16-9-4(7(13)10(15)17-2)3-5(11)8(14)6(9)12/h3,7,13-14H,1-2H3. The number of ether oxygens (including phenoxy) is 2. The molecule has 7 heteroatoms. The molecule has 0 bridgehead atoms. The van der Waals surface area contributed by atoms with E-state index in [4.69, 9.17) is 11.6 Å². The second-order valence-electron chi connectivity index (χ2n) is 3.07. The Morgan fingerprint density at radius 1 is 1.53 bits per heavy atom. The van der Waals surface area contributed by atoms with Gasteiger partial charge in [0.25, 0.3) is 0 Å². The van der Waals surface area contributed by atoms with Gasteiger partial charge in [-0.15, -0.1) is 0 Å². The van der Waals surface area contributed by atoms with Gasteiger partial charge in [-0.2, -0.15) is 4.39 Å². The molecule has 0 spiro atoms. The molecule has 1 aromatic carbocycles. The minimum Gasteiger partial charge on any atom is -0.504 e. The van der Waals surface area contributed by atoms with Crippen molar-refractivity contribution >= 4 is 17.6 Å². The number of hydrogen-bond acceptors (Lipinski definition) is 5. The second-order valence-corrected chi connectivity index (χ2v) is 3.48. The van der Waals surface area contributed by atoms with E-state index in [0.717, 1.165) is 20.3 Å². The smallest absolute Gasteiger partial charge is 0.339 e. The Labute approximate surface area is 101 Å². The quantitative estimate of drug-likeness (QED) is 0.807. The highest BCUT2D eigenvalue weighted by atomic mass is 35.5. The zero-order valence-corrected chi connectivity index (χ0v) is 9.79. The SMILES string of the molecule is COC(=O)C(O)c1cc(Cl)c(O)c(F)c1OC. The first-order valence-corrected chi connectivity index (χ1v) is 4.82. The molecule has 5 nitrogen and oxygen atoms in total. The Kier molecular flexibility index (Phi) is 4.14. The molecule has 0 radical (unpaired) electrons. The van der Waals surface area contributed by atoms with Gasteiger partial charge in [0.15, 0.2) is 17.6 Å². The molecule has 1 atom stereocenters. The van der Waals surface area contributed by atoms with E-state index in [1.165, 1.54) is 0 Å². The lowest BCUT2D eigenvalue weighted by Crippen LogP contribution is -2.15. The second kappa shape index (κ2) is 5.20. The minimum atomic E-state index is -1.75. The average molecular weight is 265 g/mol. The predicted molar refractivity (Wildman–Crippen MR) is 56.6 cm³/mol. The van der Waals surface area contributed by atoms with Gasteiger partial charge in [-0.1, -0.05) is 11.6 Å². The van der Waals surface area contributed by atoms with Gasteiger partial charge in [-0.25, -0.2) is 4.79 Å². The van der Waals surface area contributed by atoms with Crippen LogP contribution in [0.3, 0.4) is 0 Å². The van der Waals surface area contributed by atoms with Crippen molar-refractivity contribution in [3.63, 3.8) is 0 Å². The first-order valence-electron chi connectivity index (χ1n) is 4.44. The van der Waals surface area contributed by atoms with Crippen molar-refractivity contribution in [1.82, 2.24) is 0 Å². The van der Waals surface area contributed by atoms with Crippen LogP contribution in [0.1, 0.15) is 11.7 Å². The largest absolute Gasteiger partial charge is 0.504 e. The number of esters is 1. The average Bonchev–Trinajstić information content (AvgIpc) is 2.33. The highest BCUT2D eigenvalue weighted by Crippen LogP contribution is 2.39. The third-order valence-corrected chi connectivity index (χ3v) is 2.39. The summed E-state index contributed by atoms with van der Waals surface area (Å²) in [6.45, 7) is 0. The molecule has 0 fully saturated rings. The lowest BCUT2D eigenvalue weighted by molar-refractivity contribution is -0.150. The van der Waals surface area contributed by atoms with Gasteiger partial charge in [-0.05, 0) is 6.07 Å². The van der Waals surface area contributed by atoms with Gasteiger partial charge >= 0.3 is 5.97 Å². The first-order chi connectivity index (χ1) is 7.93. The maximum Gasteiger partial charge on any atom is 0.339 e. The lowest BCUT2D eigenvalue weighted by Gasteiger charge is -2.15. The van der Waals surface area contributed by atoms with Crippen LogP contribution in [0.2, 0.25) is 5.02 Å². The van der Waals surface area contributed by atoms with Gasteiger partial charge in [0, 0.05) is 5.56 Å². The fourth-order valence-electron chi connectivity index (χ4n) is 1.26. The van der Waals surface area contributed by atoms with Crippen molar-refractivity contribution in [3.05, 3.63) is 22.5 Å². The van der Waals surface area contributed by atoms with Crippen LogP contribution in [0.25, 0.3) is 0 Å². The summed E-state index contributed by atoms with van der Waals surface area (Å²) < 4.78 is 22.5. The molecule has 0 aliphatic carbocycles. The number of aliphatic hydroxyl groups is 1. The number of halogens is 2. The summed E-state index contributed by atoms with van der Waals surface area (Å²) in [4.78, 5) is 11.1. The number of aromatic hydroxyl groups is 1. The number of rotatable bonds is 3. The Bertz CT molecular complexity index is 449. The van der Waals surface area contributed by atoms with Crippen molar-refractivity contribution in [2.75, 3.05) is 14.2 Å². The van der Waals surface area contributed by atoms with E-state index >= 15 is 0 Å². The predicted octanol–water partition coefficient (Wildman–Crippen LogP) is 1.40. The summed E-state index contributed by atoms with van der Waals surface area (Å²) in [5.41, 5.74) is -0.223. The summed E-state index contributed by atoms with van der Waals surface area (Å²) in [6.07, 6.45) is -1.75. The molecular weight excluding hydrogens is 255 g/mol. The Balaban J connectivity index is 3.37. The topological polar surface area (TPSA) is 76.0 Å². The number of hydrogen-bond donors (Lipinski definition) is 2. The summed E-state index contributed by atoms with van der Waals surface area (Å²) in [7, 11) is 2.19. The van der Waals surface area contributed by atoms with Crippen LogP contribution >= 0.6 is 11.6 Å². The molecule has 0 amide bonds. The molecule has 94 valence electrons. The van der Waals surface area contributed by atoms with Crippen LogP contribution < -0.4 is 4.74 Å². The number of carbonyl (C=O) groups excluding carboxylic acids is 1.